The third-order valence-corrected chi connectivity index (χ3v) is 4.59. The maximum atomic E-state index is 12.8. The summed E-state index contributed by atoms with van der Waals surface area (Å²) in [5.74, 6) is 0. The first-order valence-electron chi connectivity index (χ1n) is 6.38. The number of rotatable bonds is 3. The Hall–Kier alpha value is -1.01. The molecule has 1 aromatic carbocycles. The van der Waals surface area contributed by atoms with Crippen molar-refractivity contribution in [2.24, 2.45) is 0 Å². The summed E-state index contributed by atoms with van der Waals surface area (Å²) in [4.78, 5) is 2.37. The van der Waals surface area contributed by atoms with Crippen LogP contribution in [0, 0.1) is 13.8 Å². The summed E-state index contributed by atoms with van der Waals surface area (Å²) in [6.45, 7) is 5.99. The van der Waals surface area contributed by atoms with Crippen molar-refractivity contribution in [1.29, 1.82) is 0 Å². The molecule has 0 radical (unpaired) electrons. The minimum atomic E-state index is -4.35. The molecule has 0 fully saturated rings. The number of nitrogens with one attached hydrogen (secondary N) is 1. The molecule has 2 rings (SSSR count). The SMILES string of the molecule is Cc1cc(C(C)Nc2cc(Br)cc(C(F)(F)F)c2)c(C)s1. The van der Waals surface area contributed by atoms with Crippen LogP contribution in [-0.2, 0) is 6.18 Å². The lowest BCUT2D eigenvalue weighted by molar-refractivity contribution is -0.137. The van der Waals surface area contributed by atoms with Gasteiger partial charge in [-0.1, -0.05) is 15.9 Å². The van der Waals surface area contributed by atoms with E-state index in [9.17, 15) is 13.2 Å². The van der Waals surface area contributed by atoms with Gasteiger partial charge in [-0.25, -0.2) is 0 Å². The Morgan fingerprint density at radius 2 is 1.81 bits per heavy atom. The number of thiophene rings is 1. The number of aryl methyl sites for hydroxylation is 2. The van der Waals surface area contributed by atoms with Gasteiger partial charge in [0.1, 0.15) is 0 Å². The molecule has 0 amide bonds. The minimum Gasteiger partial charge on any atom is -0.378 e. The highest BCUT2D eigenvalue weighted by molar-refractivity contribution is 9.10. The molecule has 0 saturated heterocycles. The van der Waals surface area contributed by atoms with Gasteiger partial charge in [-0.15, -0.1) is 11.3 Å². The van der Waals surface area contributed by atoms with E-state index in [0.717, 1.165) is 17.7 Å². The van der Waals surface area contributed by atoms with E-state index in [1.165, 1.54) is 9.75 Å². The average Bonchev–Trinajstić information content (AvgIpc) is 2.66. The van der Waals surface area contributed by atoms with Crippen molar-refractivity contribution in [3.05, 3.63) is 49.6 Å². The Morgan fingerprint density at radius 1 is 1.14 bits per heavy atom. The van der Waals surface area contributed by atoms with Gasteiger partial charge in [0.05, 0.1) is 5.56 Å². The highest BCUT2D eigenvalue weighted by Gasteiger charge is 2.31. The molecule has 1 atom stereocenters. The fraction of sp³-hybridized carbons (Fsp3) is 0.333. The van der Waals surface area contributed by atoms with E-state index < -0.39 is 11.7 Å². The number of hydrogen-bond acceptors (Lipinski definition) is 2. The molecule has 0 spiro atoms. The predicted molar refractivity (Wildman–Crippen MR) is 85.0 cm³/mol. The van der Waals surface area contributed by atoms with Crippen LogP contribution in [0.2, 0.25) is 0 Å². The Bertz CT molecular complexity index is 649. The Kier molecular flexibility index (Phi) is 4.68. The van der Waals surface area contributed by atoms with Crippen molar-refractivity contribution in [3.63, 3.8) is 0 Å². The third kappa shape index (κ3) is 4.01. The van der Waals surface area contributed by atoms with Gasteiger partial charge in [-0.05, 0) is 50.6 Å². The summed E-state index contributed by atoms with van der Waals surface area (Å²) < 4.78 is 38.9. The normalized spacial score (nSPS) is 13.3. The summed E-state index contributed by atoms with van der Waals surface area (Å²) in [5.41, 5.74) is 0.906. The molecule has 0 bridgehead atoms. The van der Waals surface area contributed by atoms with E-state index in [2.05, 4.69) is 27.3 Å². The molecule has 1 heterocycles. The van der Waals surface area contributed by atoms with Crippen LogP contribution in [0.5, 0.6) is 0 Å². The van der Waals surface area contributed by atoms with Crippen LogP contribution in [0.4, 0.5) is 18.9 Å². The second kappa shape index (κ2) is 6.01. The lowest BCUT2D eigenvalue weighted by Crippen LogP contribution is -2.09. The number of anilines is 1. The zero-order valence-corrected chi connectivity index (χ0v) is 14.2. The summed E-state index contributed by atoms with van der Waals surface area (Å²) >= 11 is 4.82. The van der Waals surface area contributed by atoms with Crippen molar-refractivity contribution in [2.45, 2.75) is 33.0 Å². The second-order valence-electron chi connectivity index (χ2n) is 4.96. The minimum absolute atomic E-state index is 0.0506. The van der Waals surface area contributed by atoms with Gasteiger partial charge in [0.25, 0.3) is 0 Å². The zero-order valence-electron chi connectivity index (χ0n) is 11.8. The van der Waals surface area contributed by atoms with Crippen molar-refractivity contribution >= 4 is 33.0 Å². The largest absolute Gasteiger partial charge is 0.416 e. The topological polar surface area (TPSA) is 12.0 Å². The molecule has 6 heteroatoms. The van der Waals surface area contributed by atoms with E-state index in [4.69, 9.17) is 0 Å². The van der Waals surface area contributed by atoms with Crippen LogP contribution >= 0.6 is 27.3 Å². The molecule has 0 aliphatic rings. The molecular formula is C15H15BrF3NS. The van der Waals surface area contributed by atoms with Crippen molar-refractivity contribution in [2.75, 3.05) is 5.32 Å². The summed E-state index contributed by atoms with van der Waals surface area (Å²) in [7, 11) is 0. The van der Waals surface area contributed by atoms with Gasteiger partial charge in [0.15, 0.2) is 0 Å². The Balaban J connectivity index is 2.27. The third-order valence-electron chi connectivity index (χ3n) is 3.15. The van der Waals surface area contributed by atoms with E-state index in [1.54, 1.807) is 17.4 Å². The molecule has 114 valence electrons. The zero-order chi connectivity index (χ0) is 15.8. The van der Waals surface area contributed by atoms with Crippen molar-refractivity contribution in [3.8, 4) is 0 Å². The van der Waals surface area contributed by atoms with Gasteiger partial charge in [-0.2, -0.15) is 13.2 Å². The lowest BCUT2D eigenvalue weighted by atomic mass is 10.1. The molecule has 0 aliphatic carbocycles. The van der Waals surface area contributed by atoms with Crippen molar-refractivity contribution in [1.82, 2.24) is 0 Å². The first-order chi connectivity index (χ1) is 9.66. The predicted octanol–water partition coefficient (Wildman–Crippen LogP) is 6.32. The van der Waals surface area contributed by atoms with Crippen LogP contribution in [0.25, 0.3) is 0 Å². The maximum absolute atomic E-state index is 12.8. The van der Waals surface area contributed by atoms with Crippen LogP contribution in [0.15, 0.2) is 28.7 Å². The second-order valence-corrected chi connectivity index (χ2v) is 7.34. The number of benzene rings is 1. The first kappa shape index (κ1) is 16.4. The lowest BCUT2D eigenvalue weighted by Gasteiger charge is -2.17. The van der Waals surface area contributed by atoms with Crippen molar-refractivity contribution < 1.29 is 13.2 Å². The quantitative estimate of drug-likeness (QED) is 0.659. The molecule has 1 nitrogen and oxygen atoms in total. The standard InChI is InChI=1S/C15H15BrF3NS/c1-8-4-14(10(3)21-8)9(2)20-13-6-11(15(17,18)19)5-12(16)7-13/h4-7,9,20H,1-3H3. The number of halogens is 4. The first-order valence-corrected chi connectivity index (χ1v) is 7.99. The van der Waals surface area contributed by atoms with Crippen LogP contribution in [0.1, 0.15) is 33.8 Å². The van der Waals surface area contributed by atoms with Crippen LogP contribution < -0.4 is 5.32 Å². The van der Waals surface area contributed by atoms with Gasteiger partial charge >= 0.3 is 6.18 Å². The van der Waals surface area contributed by atoms with Crippen LogP contribution in [0.3, 0.4) is 0 Å². The Morgan fingerprint density at radius 3 is 2.33 bits per heavy atom. The maximum Gasteiger partial charge on any atom is 0.416 e. The fourth-order valence-corrected chi connectivity index (χ4v) is 3.76. The summed E-state index contributed by atoms with van der Waals surface area (Å²) in [6, 6.07) is 5.89. The number of alkyl halides is 3. The molecule has 0 aliphatic heterocycles. The molecule has 0 saturated carbocycles. The smallest absolute Gasteiger partial charge is 0.378 e. The monoisotopic (exact) mass is 377 g/mol. The molecular weight excluding hydrogens is 363 g/mol. The molecule has 21 heavy (non-hydrogen) atoms. The fourth-order valence-electron chi connectivity index (χ4n) is 2.24. The summed E-state index contributed by atoms with van der Waals surface area (Å²) in [6.07, 6.45) is -4.35. The molecule has 2 aromatic rings. The molecule has 1 unspecified atom stereocenters. The highest BCUT2D eigenvalue weighted by Crippen LogP contribution is 2.35. The highest BCUT2D eigenvalue weighted by atomic mass is 79.9. The van der Waals surface area contributed by atoms with Gasteiger partial charge in [0, 0.05) is 26.0 Å². The summed E-state index contributed by atoms with van der Waals surface area (Å²) in [5, 5.41) is 3.14. The van der Waals surface area contributed by atoms with Crippen LogP contribution in [-0.4, -0.2) is 0 Å². The number of hydrogen-bond donors (Lipinski definition) is 1. The molecule has 1 N–H and O–H groups in total. The molecule has 1 aromatic heterocycles. The van der Waals surface area contributed by atoms with E-state index in [0.29, 0.717) is 10.2 Å². The van der Waals surface area contributed by atoms with Gasteiger partial charge in [0.2, 0.25) is 0 Å². The van der Waals surface area contributed by atoms with Gasteiger partial charge < -0.3 is 5.32 Å². The van der Waals surface area contributed by atoms with E-state index in [-0.39, 0.29) is 6.04 Å². The van der Waals surface area contributed by atoms with E-state index >= 15 is 0 Å². The Labute approximate surface area is 134 Å². The van der Waals surface area contributed by atoms with Gasteiger partial charge in [-0.3, -0.25) is 0 Å². The van der Waals surface area contributed by atoms with E-state index in [1.807, 2.05) is 20.8 Å². The average molecular weight is 378 g/mol.